The molecule has 0 radical (unpaired) electrons. The number of anilines is 1. The highest BCUT2D eigenvalue weighted by Crippen LogP contribution is 2.35. The van der Waals surface area contributed by atoms with Gasteiger partial charge in [-0.2, -0.15) is 10.4 Å². The predicted octanol–water partition coefficient (Wildman–Crippen LogP) is 2.29. The number of nitrogens with zero attached hydrogens (tertiary/aromatic N) is 7. The summed E-state index contributed by atoms with van der Waals surface area (Å²) in [6, 6.07) is 8.80. The van der Waals surface area contributed by atoms with Gasteiger partial charge in [-0.05, 0) is 44.0 Å². The van der Waals surface area contributed by atoms with E-state index in [1.165, 1.54) is 5.56 Å². The van der Waals surface area contributed by atoms with E-state index in [4.69, 9.17) is 10.5 Å². The van der Waals surface area contributed by atoms with Crippen molar-refractivity contribution in [1.82, 2.24) is 24.6 Å². The van der Waals surface area contributed by atoms with Gasteiger partial charge in [-0.3, -0.25) is 4.90 Å². The number of ether oxygens (including phenoxy) is 1. The van der Waals surface area contributed by atoms with E-state index in [1.807, 2.05) is 18.3 Å². The average molecular weight is 473 g/mol. The molecule has 6 rings (SSSR count). The first-order valence-corrected chi connectivity index (χ1v) is 12.4. The summed E-state index contributed by atoms with van der Waals surface area (Å²) in [7, 11) is 0. The number of likely N-dealkylation sites (tertiary alicyclic amines) is 1. The maximum atomic E-state index is 9.41. The molecule has 4 aliphatic heterocycles. The Labute approximate surface area is 206 Å². The highest BCUT2D eigenvalue weighted by Gasteiger charge is 2.36. The Hall–Kier alpha value is -3.35. The molecule has 0 bridgehead atoms. The van der Waals surface area contributed by atoms with Crippen molar-refractivity contribution in [2.24, 2.45) is 5.73 Å². The van der Waals surface area contributed by atoms with E-state index in [0.717, 1.165) is 63.0 Å². The van der Waals surface area contributed by atoms with Crippen molar-refractivity contribution < 1.29 is 4.74 Å². The molecule has 0 saturated carbocycles. The molecule has 3 saturated heterocycles. The molecule has 182 valence electrons. The molecule has 9 heteroatoms. The summed E-state index contributed by atoms with van der Waals surface area (Å²) in [5, 5.41) is 13.8. The van der Waals surface area contributed by atoms with E-state index in [9.17, 15) is 5.26 Å². The molecule has 6 heterocycles. The van der Waals surface area contributed by atoms with Crippen molar-refractivity contribution in [2.45, 2.75) is 43.9 Å². The van der Waals surface area contributed by atoms with Crippen molar-refractivity contribution in [3.63, 3.8) is 0 Å². The van der Waals surface area contributed by atoms with Crippen LogP contribution in [-0.2, 0) is 4.74 Å². The standard InChI is InChI=1S/C26H32N8O/c1-18-11-32(23-5-4-21(9-27)34-24(23)7-8-30-34)15-22(35-18)14-31-12-20(13-31)19-3-6-25(29-10-19)33-16-26(2,28)17-33/h3-4,6-8,10,14,18,20,23H,5,11-13,15-17,28H2,1-2H3/b22-14+/t18-,23?/m1/s1. The molecule has 4 aliphatic rings. The molecule has 2 aromatic rings. The zero-order valence-electron chi connectivity index (χ0n) is 20.3. The molecule has 0 spiro atoms. The number of morpholine rings is 1. The van der Waals surface area contributed by atoms with E-state index >= 15 is 0 Å². The Morgan fingerprint density at radius 3 is 2.77 bits per heavy atom. The molecule has 0 aromatic carbocycles. The lowest BCUT2D eigenvalue weighted by Crippen LogP contribution is -2.65. The van der Waals surface area contributed by atoms with Gasteiger partial charge in [-0.25, -0.2) is 9.67 Å². The van der Waals surface area contributed by atoms with Gasteiger partial charge in [0.25, 0.3) is 0 Å². The quantitative estimate of drug-likeness (QED) is 0.724. The molecule has 0 aliphatic carbocycles. The SMILES string of the molecule is C[C@@H]1CN(C2CC=C(C#N)n3nccc32)C/C(=C\N2CC(c3ccc(N4CC(C)(N)C4)nc3)C2)O1. The number of fused-ring (bicyclic) bond motifs is 1. The molecule has 2 aromatic heterocycles. The number of hydrogen-bond donors (Lipinski definition) is 1. The number of allylic oxidation sites excluding steroid dienone is 1. The van der Waals surface area contributed by atoms with Crippen molar-refractivity contribution in [3.8, 4) is 6.07 Å². The number of aromatic nitrogens is 3. The minimum Gasteiger partial charge on any atom is -0.491 e. The summed E-state index contributed by atoms with van der Waals surface area (Å²) >= 11 is 0. The smallest absolute Gasteiger partial charge is 0.138 e. The van der Waals surface area contributed by atoms with Gasteiger partial charge in [0.05, 0.1) is 18.3 Å². The van der Waals surface area contributed by atoms with Crippen molar-refractivity contribution in [1.29, 1.82) is 5.26 Å². The number of rotatable bonds is 4. The zero-order valence-corrected chi connectivity index (χ0v) is 20.3. The van der Waals surface area contributed by atoms with Crippen LogP contribution in [0.5, 0.6) is 0 Å². The monoisotopic (exact) mass is 472 g/mol. The van der Waals surface area contributed by atoms with E-state index in [-0.39, 0.29) is 17.7 Å². The molecule has 9 nitrogen and oxygen atoms in total. The summed E-state index contributed by atoms with van der Waals surface area (Å²) in [6.45, 7) is 9.46. The fraction of sp³-hybridized carbons (Fsp3) is 0.500. The fourth-order valence-corrected chi connectivity index (χ4v) is 5.71. The van der Waals surface area contributed by atoms with E-state index < -0.39 is 0 Å². The van der Waals surface area contributed by atoms with Crippen LogP contribution in [0.25, 0.3) is 5.70 Å². The van der Waals surface area contributed by atoms with Crippen LogP contribution in [0.4, 0.5) is 5.82 Å². The summed E-state index contributed by atoms with van der Waals surface area (Å²) in [4.78, 5) is 11.7. The van der Waals surface area contributed by atoms with Crippen LogP contribution < -0.4 is 10.6 Å². The highest BCUT2D eigenvalue weighted by molar-refractivity contribution is 5.62. The van der Waals surface area contributed by atoms with Crippen LogP contribution in [0.15, 0.2) is 48.6 Å². The lowest BCUT2D eigenvalue weighted by Gasteiger charge is -2.46. The third-order valence-corrected chi connectivity index (χ3v) is 7.44. The maximum absolute atomic E-state index is 9.41. The first-order valence-electron chi connectivity index (χ1n) is 12.4. The molecular weight excluding hydrogens is 440 g/mol. The second-order valence-electron chi connectivity index (χ2n) is 10.7. The molecule has 3 fully saturated rings. The molecule has 1 unspecified atom stereocenters. The topological polar surface area (TPSA) is 99.5 Å². The number of nitriles is 1. The second kappa shape index (κ2) is 8.40. The van der Waals surface area contributed by atoms with Gasteiger partial charge in [-0.1, -0.05) is 6.07 Å². The van der Waals surface area contributed by atoms with Crippen LogP contribution in [0.1, 0.15) is 43.5 Å². The van der Waals surface area contributed by atoms with Gasteiger partial charge < -0.3 is 20.3 Å². The highest BCUT2D eigenvalue weighted by atomic mass is 16.5. The number of hydrogen-bond acceptors (Lipinski definition) is 8. The summed E-state index contributed by atoms with van der Waals surface area (Å²) in [5.41, 5.74) is 9.00. The van der Waals surface area contributed by atoms with Crippen LogP contribution in [0.2, 0.25) is 0 Å². The molecule has 35 heavy (non-hydrogen) atoms. The van der Waals surface area contributed by atoms with Crippen LogP contribution in [0.3, 0.4) is 0 Å². The van der Waals surface area contributed by atoms with Crippen LogP contribution in [0, 0.1) is 11.3 Å². The molecule has 2 N–H and O–H groups in total. The third-order valence-electron chi connectivity index (χ3n) is 7.44. The third kappa shape index (κ3) is 4.17. The van der Waals surface area contributed by atoms with E-state index in [1.54, 1.807) is 10.9 Å². The zero-order chi connectivity index (χ0) is 24.2. The minimum atomic E-state index is -0.0922. The lowest BCUT2D eigenvalue weighted by molar-refractivity contribution is 0.00700. The van der Waals surface area contributed by atoms with Gasteiger partial charge in [0.2, 0.25) is 0 Å². The summed E-state index contributed by atoms with van der Waals surface area (Å²) in [5.74, 6) is 2.50. The summed E-state index contributed by atoms with van der Waals surface area (Å²) in [6.07, 6.45) is 8.89. The lowest BCUT2D eigenvalue weighted by atomic mass is 9.92. The Balaban J connectivity index is 1.08. The van der Waals surface area contributed by atoms with Crippen molar-refractivity contribution >= 4 is 11.5 Å². The molecule has 2 atom stereocenters. The second-order valence-corrected chi connectivity index (χ2v) is 10.7. The fourth-order valence-electron chi connectivity index (χ4n) is 5.71. The molecular formula is C26H32N8O. The van der Waals surface area contributed by atoms with Gasteiger partial charge >= 0.3 is 0 Å². The maximum Gasteiger partial charge on any atom is 0.138 e. The van der Waals surface area contributed by atoms with E-state index in [2.05, 4.69) is 63.0 Å². The van der Waals surface area contributed by atoms with Crippen molar-refractivity contribution in [3.05, 3.63) is 59.9 Å². The Morgan fingerprint density at radius 1 is 1.23 bits per heavy atom. The average Bonchev–Trinajstić information content (AvgIpc) is 3.29. The summed E-state index contributed by atoms with van der Waals surface area (Å²) < 4.78 is 7.98. The van der Waals surface area contributed by atoms with E-state index in [0.29, 0.717) is 11.6 Å². The van der Waals surface area contributed by atoms with Crippen LogP contribution >= 0.6 is 0 Å². The Bertz CT molecular complexity index is 1190. The first kappa shape index (κ1) is 22.1. The Morgan fingerprint density at radius 2 is 2.06 bits per heavy atom. The van der Waals surface area contributed by atoms with Crippen LogP contribution in [-0.4, -0.2) is 75.5 Å². The normalized spacial score (nSPS) is 27.4. The number of pyridine rings is 1. The van der Waals surface area contributed by atoms with Gasteiger partial charge in [-0.15, -0.1) is 0 Å². The predicted molar refractivity (Wildman–Crippen MR) is 133 cm³/mol. The van der Waals surface area contributed by atoms with Crippen molar-refractivity contribution in [2.75, 3.05) is 44.2 Å². The first-order chi connectivity index (χ1) is 16.9. The van der Waals surface area contributed by atoms with Gasteiger partial charge in [0.1, 0.15) is 29.4 Å². The largest absolute Gasteiger partial charge is 0.491 e. The minimum absolute atomic E-state index is 0.0922. The number of nitrogens with two attached hydrogens (primary N) is 1. The Kier molecular flexibility index (Phi) is 5.31. The van der Waals surface area contributed by atoms with Gasteiger partial charge in [0.15, 0.2) is 0 Å². The molecule has 0 amide bonds. The van der Waals surface area contributed by atoms with Gasteiger partial charge in [0, 0.05) is 62.8 Å².